The van der Waals surface area contributed by atoms with Crippen LogP contribution in [0.2, 0.25) is 0 Å². The van der Waals surface area contributed by atoms with Crippen molar-refractivity contribution >= 4 is 73.2 Å². The number of aliphatic hydroxyl groups is 4. The van der Waals surface area contributed by atoms with Crippen LogP contribution in [0.15, 0.2) is 23.8 Å². The van der Waals surface area contributed by atoms with Crippen molar-refractivity contribution in [1.29, 1.82) is 0 Å². The summed E-state index contributed by atoms with van der Waals surface area (Å²) in [6.07, 6.45) is -11.3. The number of aliphatic hydroxyl groups excluding tert-OH is 4. The summed E-state index contributed by atoms with van der Waals surface area (Å²) in [7, 11) is -28.3. The third-order valence-corrected chi connectivity index (χ3v) is 12.0. The Morgan fingerprint density at radius 1 is 0.682 bits per heavy atom. The van der Waals surface area contributed by atoms with Crippen LogP contribution in [0.25, 0.3) is 22.3 Å². The number of aromatic amines is 1. The molecule has 2 aliphatic heterocycles. The minimum atomic E-state index is -5.98. The van der Waals surface area contributed by atoms with Gasteiger partial charge < -0.3 is 46.3 Å². The van der Waals surface area contributed by atoms with Crippen LogP contribution >= 0.6 is 39.1 Å². The average Bonchev–Trinajstić information content (AvgIpc) is 3.98. The van der Waals surface area contributed by atoms with E-state index in [2.05, 4.69) is 96.5 Å². The zero-order chi connectivity index (χ0) is 48.4. The largest absolute Gasteiger partial charge is 0.531 e. The van der Waals surface area contributed by atoms with Gasteiger partial charge in [0.05, 0.1) is 12.7 Å². The second-order valence-corrected chi connectivity index (χ2v) is 19.0. The van der Waals surface area contributed by atoms with E-state index < -0.39 is 106 Å². The molecule has 2 aliphatic rings. The number of phosphoric ester groups is 1. The maximum absolute atomic E-state index is 13.2. The highest BCUT2D eigenvalue weighted by Crippen LogP contribution is 2.65. The number of rotatable bonds is 24. The van der Waals surface area contributed by atoms with Crippen molar-refractivity contribution in [3.63, 3.8) is 0 Å². The molecule has 13 atom stereocenters. The summed E-state index contributed by atoms with van der Waals surface area (Å²) in [6, 6.07) is 0. The molecule has 0 amide bonds. The maximum Gasteiger partial charge on any atom is 0.531 e. The van der Waals surface area contributed by atoms with Crippen LogP contribution in [0.5, 0.6) is 0 Å². The monoisotopic (exact) mass is 1060 g/mol. The van der Waals surface area contributed by atoms with Gasteiger partial charge in [-0.3, -0.25) is 42.6 Å². The zero-order valence-electron chi connectivity index (χ0n) is 31.5. The van der Waals surface area contributed by atoms with Gasteiger partial charge in [-0.05, 0) is 15.1 Å². The van der Waals surface area contributed by atoms with Crippen LogP contribution in [0.1, 0.15) is 12.5 Å². The van der Waals surface area contributed by atoms with Crippen molar-refractivity contribution in [3.05, 3.63) is 29.3 Å². The summed E-state index contributed by atoms with van der Waals surface area (Å²) < 4.78 is 113. The molecule has 46 heteroatoms. The lowest BCUT2D eigenvalue weighted by Gasteiger charge is -2.22. The summed E-state index contributed by atoms with van der Waals surface area (Å²) >= 11 is 0. The van der Waals surface area contributed by atoms with Gasteiger partial charge in [0.2, 0.25) is 5.95 Å². The molecule has 370 valence electrons. The van der Waals surface area contributed by atoms with E-state index in [4.69, 9.17) is 25.5 Å². The highest BCUT2D eigenvalue weighted by atomic mass is 31.3. The molecule has 0 saturated carbocycles. The Labute approximate surface area is 359 Å². The van der Waals surface area contributed by atoms with Crippen LogP contribution in [-0.4, -0.2) is 130 Å². The van der Waals surface area contributed by atoms with Gasteiger partial charge in [0.15, 0.2) is 41.4 Å². The number of nitrogens with one attached hydrogen (secondary N) is 1. The van der Waals surface area contributed by atoms with Gasteiger partial charge >= 0.3 is 39.1 Å². The molecule has 0 aliphatic carbocycles. The Morgan fingerprint density at radius 2 is 1.21 bits per heavy atom. The number of ether oxygens (including phenoxy) is 2. The van der Waals surface area contributed by atoms with E-state index in [1.807, 2.05) is 0 Å². The SMILES string of the molecule is COP(=O)(O)OP(=O)(OOOP(=O)(O)OOOP(=O)(O)OOOP(=O)(O)OOOC[C@H]1O[C@@H](n2cnc3c(N)ncnc32)[C@H](O)[C@@H]1O)OC1OC(n2cnc3c(=O)[nH]c(N)nc32)C(O)C1O. The van der Waals surface area contributed by atoms with Crippen molar-refractivity contribution in [2.75, 3.05) is 25.2 Å². The molecule has 66 heavy (non-hydrogen) atoms. The van der Waals surface area contributed by atoms with Crippen molar-refractivity contribution in [2.24, 2.45) is 0 Å². The van der Waals surface area contributed by atoms with Gasteiger partial charge in [0.25, 0.3) is 5.56 Å². The Balaban J connectivity index is 0.918. The predicted molar refractivity (Wildman–Crippen MR) is 188 cm³/mol. The third-order valence-electron chi connectivity index (χ3n) is 7.73. The molecule has 2 fully saturated rings. The van der Waals surface area contributed by atoms with E-state index in [9.17, 15) is 67.6 Å². The van der Waals surface area contributed by atoms with E-state index in [1.165, 1.54) is 10.9 Å². The third kappa shape index (κ3) is 12.6. The molecule has 6 rings (SSSR count). The molecule has 9 unspecified atom stereocenters. The number of fused-ring (bicyclic) bond motifs is 2. The molecule has 41 nitrogen and oxygen atoms in total. The molecule has 4 aromatic heterocycles. The van der Waals surface area contributed by atoms with Crippen molar-refractivity contribution in [3.8, 4) is 0 Å². The van der Waals surface area contributed by atoms with Gasteiger partial charge in [-0.1, -0.05) is 37.8 Å². The molecule has 4 aromatic rings. The molecule has 0 bridgehead atoms. The second kappa shape index (κ2) is 20.7. The second-order valence-electron chi connectivity index (χ2n) is 12.1. The van der Waals surface area contributed by atoms with Gasteiger partial charge in [0.1, 0.15) is 49.0 Å². The van der Waals surface area contributed by atoms with Crippen LogP contribution in [-0.2, 0) is 103 Å². The minimum Gasteiger partial charge on any atom is -0.387 e. The first kappa shape index (κ1) is 52.0. The first-order valence-corrected chi connectivity index (χ1v) is 23.9. The number of anilines is 2. The molecule has 0 radical (unpaired) electrons. The number of hydrogen-bond donors (Lipinski definition) is 11. The van der Waals surface area contributed by atoms with Gasteiger partial charge in [-0.25, -0.2) is 47.6 Å². The lowest BCUT2D eigenvalue weighted by atomic mass is 10.1. The van der Waals surface area contributed by atoms with Crippen molar-refractivity contribution in [2.45, 2.75) is 49.3 Å². The van der Waals surface area contributed by atoms with E-state index in [0.29, 0.717) is 7.11 Å². The van der Waals surface area contributed by atoms with E-state index >= 15 is 0 Å². The fraction of sp³-hybridized carbons (Fsp3) is 0.500. The first-order valence-electron chi connectivity index (χ1n) is 16.5. The Hall–Kier alpha value is -3.35. The molecule has 13 N–H and O–H groups in total. The Bertz CT molecular complexity index is 2650. The molecular weight excluding hydrogens is 1030 g/mol. The van der Waals surface area contributed by atoms with Crippen LogP contribution < -0.4 is 17.0 Å². The first-order chi connectivity index (χ1) is 30.8. The van der Waals surface area contributed by atoms with E-state index in [-0.39, 0.29) is 28.1 Å². The number of nitrogen functional groups attached to an aromatic ring is 2. The Kier molecular flexibility index (Phi) is 16.3. The van der Waals surface area contributed by atoms with Crippen molar-refractivity contribution < 1.29 is 143 Å². The summed E-state index contributed by atoms with van der Waals surface area (Å²) in [4.78, 5) is 76.4. The highest BCUT2D eigenvalue weighted by molar-refractivity contribution is 7.61. The molecule has 6 heterocycles. The van der Waals surface area contributed by atoms with Crippen LogP contribution in [0.4, 0.5) is 11.8 Å². The van der Waals surface area contributed by atoms with Gasteiger partial charge in [-0.15, -0.1) is 0 Å². The standard InChI is InChI=1S/C20H29N10O31P5/c1-45-62(36,37)61-66(44,49-19-12(34)11(33)18(48-19)30-5-26-8-15(30)27-20(22)28-16(8)35)60-53-59-65(42,43)58-52-57-64(40,41)56-51-55-63(38,39)54-50-46-2-6-9(31)10(32)17(47-6)29-4-25-7-13(21)23-3-24-14(7)29/h3-6,9-12,17-19,31-34H,2H2,1H3,(H,36,37)(H,38,39)(H,40,41)(H,42,43)(H2,21,23,24)(H3,22,27,28,35)/t6-,9-,10-,11?,12?,17-,18?,19?,66?/m1/s1. The smallest absolute Gasteiger partial charge is 0.387 e. The maximum atomic E-state index is 13.2. The molecule has 0 aromatic carbocycles. The number of H-pyrrole nitrogens is 1. The van der Waals surface area contributed by atoms with E-state index in [1.54, 1.807) is 0 Å². The average molecular weight is 1060 g/mol. The number of aromatic nitrogens is 8. The number of hydrogen-bond acceptors (Lipinski definition) is 34. The number of nitrogens with zero attached hydrogens (tertiary/aromatic N) is 7. The van der Waals surface area contributed by atoms with Gasteiger partial charge in [0, 0.05) is 7.11 Å². The number of imidazole rings is 2. The van der Waals surface area contributed by atoms with E-state index in [0.717, 1.165) is 17.2 Å². The van der Waals surface area contributed by atoms with Gasteiger partial charge in [-0.2, -0.15) is 9.29 Å². The fourth-order valence-corrected chi connectivity index (χ4v) is 8.01. The zero-order valence-corrected chi connectivity index (χ0v) is 36.0. The Morgan fingerprint density at radius 3 is 1.82 bits per heavy atom. The lowest BCUT2D eigenvalue weighted by Crippen LogP contribution is -2.33. The normalized spacial score (nSPS) is 28.2. The summed E-state index contributed by atoms with van der Waals surface area (Å²) in [5, 5.41) is 56.5. The van der Waals surface area contributed by atoms with Crippen LogP contribution in [0, 0.1) is 0 Å². The quantitative estimate of drug-likeness (QED) is 0.0144. The summed E-state index contributed by atoms with van der Waals surface area (Å²) in [5.74, 6) is -0.412. The predicted octanol–water partition coefficient (Wildman–Crippen LogP) is -2.97. The minimum absolute atomic E-state index is 0.00694. The summed E-state index contributed by atoms with van der Waals surface area (Å²) in [6.45, 7) is -0.807. The molecular formula is C20H29N10O31P5. The topological polar surface area (TPSA) is 563 Å². The fourth-order valence-electron chi connectivity index (χ4n) is 5.03. The highest BCUT2D eigenvalue weighted by Gasteiger charge is 2.52. The number of nitrogens with two attached hydrogens (primary N) is 2. The lowest BCUT2D eigenvalue weighted by molar-refractivity contribution is -0.499. The molecule has 0 spiro atoms. The number of phosphoric acid groups is 5. The molecule has 2 saturated heterocycles. The van der Waals surface area contributed by atoms with Crippen LogP contribution in [0.3, 0.4) is 0 Å². The summed E-state index contributed by atoms with van der Waals surface area (Å²) in [5.41, 5.74) is 10.0. The van der Waals surface area contributed by atoms with Crippen molar-refractivity contribution in [1.82, 2.24) is 39.0 Å².